The number of amides is 1. The second-order valence-corrected chi connectivity index (χ2v) is 7.52. The van der Waals surface area contributed by atoms with Crippen LogP contribution in [0.3, 0.4) is 0 Å². The van der Waals surface area contributed by atoms with E-state index in [0.29, 0.717) is 0 Å². The Morgan fingerprint density at radius 3 is 1.91 bits per heavy atom. The average molecular weight is 317 g/mol. The Hall–Kier alpha value is -2.14. The molecule has 0 aromatic heterocycles. The molecule has 0 unspecified atom stereocenters. The van der Waals surface area contributed by atoms with Gasteiger partial charge in [0.1, 0.15) is 0 Å². The summed E-state index contributed by atoms with van der Waals surface area (Å²) in [6.45, 7) is 3.40. The highest BCUT2D eigenvalue weighted by molar-refractivity contribution is 7.89. The number of carbonyl (C=O) groups excluding carboxylic acids is 1. The molecule has 2 rings (SSSR count). The molecule has 1 N–H and O–H groups in total. The first-order chi connectivity index (χ1) is 10.2. The summed E-state index contributed by atoms with van der Waals surface area (Å²) in [6, 6.07) is 17.5. The van der Waals surface area contributed by atoms with E-state index in [0.717, 1.165) is 22.9 Å². The smallest absolute Gasteiger partial charge is 0.243 e. The normalized spacial score (nSPS) is 12.0. The van der Waals surface area contributed by atoms with Gasteiger partial charge in [0.2, 0.25) is 15.9 Å². The van der Waals surface area contributed by atoms with Crippen molar-refractivity contribution in [3.8, 4) is 11.1 Å². The Labute approximate surface area is 131 Å². The maximum absolute atomic E-state index is 12.1. The van der Waals surface area contributed by atoms with E-state index in [4.69, 9.17) is 0 Å². The molecule has 0 aliphatic carbocycles. The van der Waals surface area contributed by atoms with Crippen LogP contribution in [-0.2, 0) is 20.2 Å². The molecule has 1 amide bonds. The molecule has 0 aliphatic heterocycles. The highest BCUT2D eigenvalue weighted by Gasteiger charge is 2.31. The van der Waals surface area contributed by atoms with Crippen molar-refractivity contribution < 1.29 is 13.2 Å². The van der Waals surface area contributed by atoms with Gasteiger partial charge in [0, 0.05) is 0 Å². The Morgan fingerprint density at radius 1 is 0.909 bits per heavy atom. The molecule has 0 radical (unpaired) electrons. The summed E-state index contributed by atoms with van der Waals surface area (Å²) in [5.74, 6) is -0.539. The monoisotopic (exact) mass is 317 g/mol. The van der Waals surface area contributed by atoms with Crippen molar-refractivity contribution >= 4 is 15.9 Å². The van der Waals surface area contributed by atoms with Crippen LogP contribution in [0.1, 0.15) is 19.4 Å². The Balaban J connectivity index is 2.28. The average Bonchev–Trinajstić information content (AvgIpc) is 2.46. The summed E-state index contributed by atoms with van der Waals surface area (Å²) in [5, 5.41) is 0. The lowest BCUT2D eigenvalue weighted by Gasteiger charge is -2.23. The standard InChI is InChI=1S/C17H19NO3S/c1-17(2,16(19)18-22(3,20)21)15-11-9-14(10-12-15)13-7-5-4-6-8-13/h4-12H,1-3H3,(H,18,19). The van der Waals surface area contributed by atoms with Crippen LogP contribution in [0.25, 0.3) is 11.1 Å². The van der Waals surface area contributed by atoms with Crippen molar-refractivity contribution in [3.63, 3.8) is 0 Å². The lowest BCUT2D eigenvalue weighted by molar-refractivity contribution is -0.123. The molecule has 0 spiro atoms. The largest absolute Gasteiger partial charge is 0.273 e. The zero-order valence-corrected chi connectivity index (χ0v) is 13.6. The molecule has 2 aromatic rings. The van der Waals surface area contributed by atoms with E-state index in [2.05, 4.69) is 0 Å². The second-order valence-electron chi connectivity index (χ2n) is 5.77. The summed E-state index contributed by atoms with van der Waals surface area (Å²) in [4.78, 5) is 12.1. The summed E-state index contributed by atoms with van der Waals surface area (Å²) < 4.78 is 24.5. The van der Waals surface area contributed by atoms with Crippen LogP contribution in [-0.4, -0.2) is 20.6 Å². The Bertz CT molecular complexity index is 763. The molecule has 0 heterocycles. The molecule has 0 aliphatic rings. The van der Waals surface area contributed by atoms with Gasteiger partial charge in [-0.25, -0.2) is 8.42 Å². The lowest BCUT2D eigenvalue weighted by Crippen LogP contribution is -2.42. The molecule has 4 nitrogen and oxygen atoms in total. The minimum absolute atomic E-state index is 0.539. The van der Waals surface area contributed by atoms with Crippen molar-refractivity contribution in [1.29, 1.82) is 0 Å². The van der Waals surface area contributed by atoms with Crippen molar-refractivity contribution in [2.75, 3.05) is 6.26 Å². The fourth-order valence-electron chi connectivity index (χ4n) is 2.14. The first-order valence-corrected chi connectivity index (χ1v) is 8.77. The van der Waals surface area contributed by atoms with E-state index >= 15 is 0 Å². The first-order valence-electron chi connectivity index (χ1n) is 6.88. The SMILES string of the molecule is CC(C)(C(=O)NS(C)(=O)=O)c1ccc(-c2ccccc2)cc1. The molecule has 116 valence electrons. The van der Waals surface area contributed by atoms with Crippen LogP contribution in [0.5, 0.6) is 0 Å². The number of sulfonamides is 1. The Kier molecular flexibility index (Phi) is 4.37. The number of carbonyl (C=O) groups is 1. The molecule has 2 aromatic carbocycles. The topological polar surface area (TPSA) is 63.2 Å². The summed E-state index contributed by atoms with van der Waals surface area (Å²) >= 11 is 0. The van der Waals surface area contributed by atoms with E-state index in [1.54, 1.807) is 13.8 Å². The van der Waals surface area contributed by atoms with Crippen LogP contribution in [0, 0.1) is 0 Å². The molecular weight excluding hydrogens is 298 g/mol. The molecule has 0 saturated carbocycles. The van der Waals surface area contributed by atoms with Crippen molar-refractivity contribution in [3.05, 3.63) is 60.2 Å². The molecule has 22 heavy (non-hydrogen) atoms. The third-order valence-electron chi connectivity index (χ3n) is 3.56. The van der Waals surface area contributed by atoms with Gasteiger partial charge >= 0.3 is 0 Å². The summed E-state index contributed by atoms with van der Waals surface area (Å²) in [6.07, 6.45) is 0.972. The van der Waals surface area contributed by atoms with E-state index in [9.17, 15) is 13.2 Å². The molecule has 0 fully saturated rings. The number of rotatable bonds is 4. The van der Waals surface area contributed by atoms with E-state index in [1.165, 1.54) is 0 Å². The predicted molar refractivity (Wildman–Crippen MR) is 87.9 cm³/mol. The fraction of sp³-hybridized carbons (Fsp3) is 0.235. The highest BCUT2D eigenvalue weighted by atomic mass is 32.2. The number of benzene rings is 2. The van der Waals surface area contributed by atoms with Crippen LogP contribution in [0.4, 0.5) is 0 Å². The van der Waals surface area contributed by atoms with Gasteiger partial charge in [-0.15, -0.1) is 0 Å². The van der Waals surface area contributed by atoms with Crippen molar-refractivity contribution in [2.24, 2.45) is 0 Å². The van der Waals surface area contributed by atoms with Gasteiger partial charge in [-0.05, 0) is 30.5 Å². The first kappa shape index (κ1) is 16.2. The maximum Gasteiger partial charge on any atom is 0.243 e. The summed E-state index contributed by atoms with van der Waals surface area (Å²) in [7, 11) is -3.57. The van der Waals surface area contributed by atoms with Gasteiger partial charge < -0.3 is 0 Å². The number of hydrogen-bond donors (Lipinski definition) is 1. The van der Waals surface area contributed by atoms with Crippen LogP contribution < -0.4 is 4.72 Å². The second kappa shape index (κ2) is 5.93. The Morgan fingerprint density at radius 2 is 1.41 bits per heavy atom. The molecular formula is C17H19NO3S. The maximum atomic E-state index is 12.1. The zero-order valence-electron chi connectivity index (χ0n) is 12.8. The van der Waals surface area contributed by atoms with Crippen LogP contribution >= 0.6 is 0 Å². The van der Waals surface area contributed by atoms with Gasteiger partial charge in [-0.1, -0.05) is 54.6 Å². The van der Waals surface area contributed by atoms with Gasteiger partial charge in [0.25, 0.3) is 0 Å². The van der Waals surface area contributed by atoms with E-state index in [-0.39, 0.29) is 0 Å². The third-order valence-corrected chi connectivity index (χ3v) is 4.12. The quantitative estimate of drug-likeness (QED) is 0.943. The lowest BCUT2D eigenvalue weighted by atomic mass is 9.83. The van der Waals surface area contributed by atoms with Gasteiger partial charge in [0.05, 0.1) is 11.7 Å². The van der Waals surface area contributed by atoms with Crippen molar-refractivity contribution in [1.82, 2.24) is 4.72 Å². The van der Waals surface area contributed by atoms with Crippen LogP contribution in [0.15, 0.2) is 54.6 Å². The zero-order chi connectivity index (χ0) is 16.4. The molecule has 0 saturated heterocycles. The van der Waals surface area contributed by atoms with Crippen molar-refractivity contribution in [2.45, 2.75) is 19.3 Å². The highest BCUT2D eigenvalue weighted by Crippen LogP contribution is 2.27. The van der Waals surface area contributed by atoms with E-state index < -0.39 is 21.3 Å². The number of nitrogens with one attached hydrogen (secondary N) is 1. The minimum atomic E-state index is -3.57. The predicted octanol–water partition coefficient (Wildman–Crippen LogP) is 2.71. The molecule has 0 bridgehead atoms. The van der Waals surface area contributed by atoms with Gasteiger partial charge in [0.15, 0.2) is 0 Å². The fourth-order valence-corrected chi connectivity index (χ4v) is 2.73. The van der Waals surface area contributed by atoms with E-state index in [1.807, 2.05) is 59.3 Å². The molecule has 0 atom stereocenters. The third kappa shape index (κ3) is 3.74. The van der Waals surface area contributed by atoms with Gasteiger partial charge in [-0.2, -0.15) is 0 Å². The van der Waals surface area contributed by atoms with Gasteiger partial charge in [-0.3, -0.25) is 9.52 Å². The number of hydrogen-bond acceptors (Lipinski definition) is 3. The van der Waals surface area contributed by atoms with Crippen LogP contribution in [0.2, 0.25) is 0 Å². The molecule has 5 heteroatoms. The summed E-state index contributed by atoms with van der Waals surface area (Å²) in [5.41, 5.74) is 1.96. The minimum Gasteiger partial charge on any atom is -0.273 e.